The summed E-state index contributed by atoms with van der Waals surface area (Å²) < 4.78 is 4.59. The molecule has 0 unspecified atom stereocenters. The van der Waals surface area contributed by atoms with Gasteiger partial charge in [0, 0.05) is 16.9 Å². The van der Waals surface area contributed by atoms with Gasteiger partial charge in [0.1, 0.15) is 6.54 Å². The standard InChI is InChI=1S/C17H18N2O3/c1-12-8-9-13(10-15(12)18-11-16(20)22-2)17(21)19-14-6-4-3-5-7-14/h3-10,18H,11H2,1-2H3,(H,19,21). The number of carbonyl (C=O) groups excluding carboxylic acids is 2. The van der Waals surface area contributed by atoms with E-state index in [0.29, 0.717) is 5.56 Å². The van der Waals surface area contributed by atoms with E-state index in [4.69, 9.17) is 0 Å². The molecule has 2 N–H and O–H groups in total. The Kier molecular flexibility index (Phi) is 5.14. The molecule has 0 bridgehead atoms. The minimum Gasteiger partial charge on any atom is -0.468 e. The van der Waals surface area contributed by atoms with Crippen molar-refractivity contribution >= 4 is 23.3 Å². The molecule has 0 heterocycles. The van der Waals surface area contributed by atoms with Crippen molar-refractivity contribution in [2.45, 2.75) is 6.92 Å². The van der Waals surface area contributed by atoms with E-state index in [0.717, 1.165) is 16.9 Å². The number of rotatable bonds is 5. The van der Waals surface area contributed by atoms with E-state index in [-0.39, 0.29) is 18.4 Å². The maximum atomic E-state index is 12.2. The number of methoxy groups -OCH3 is 1. The van der Waals surface area contributed by atoms with Crippen LogP contribution in [0.5, 0.6) is 0 Å². The quantitative estimate of drug-likeness (QED) is 0.833. The molecule has 0 saturated carbocycles. The van der Waals surface area contributed by atoms with Crippen molar-refractivity contribution < 1.29 is 14.3 Å². The normalized spacial score (nSPS) is 9.91. The summed E-state index contributed by atoms with van der Waals surface area (Å²) in [5.41, 5.74) is 2.92. The first kappa shape index (κ1) is 15.6. The Balaban J connectivity index is 2.11. The molecule has 0 aliphatic heterocycles. The molecule has 0 saturated heterocycles. The van der Waals surface area contributed by atoms with Crippen LogP contribution in [-0.2, 0) is 9.53 Å². The van der Waals surface area contributed by atoms with E-state index >= 15 is 0 Å². The van der Waals surface area contributed by atoms with Gasteiger partial charge in [-0.1, -0.05) is 24.3 Å². The maximum absolute atomic E-state index is 12.2. The Morgan fingerprint density at radius 3 is 2.50 bits per heavy atom. The van der Waals surface area contributed by atoms with Gasteiger partial charge in [0.15, 0.2) is 0 Å². The summed E-state index contributed by atoms with van der Waals surface area (Å²) in [6.45, 7) is 1.96. The van der Waals surface area contributed by atoms with E-state index in [1.54, 1.807) is 12.1 Å². The smallest absolute Gasteiger partial charge is 0.325 e. The summed E-state index contributed by atoms with van der Waals surface area (Å²) >= 11 is 0. The molecule has 2 rings (SSSR count). The topological polar surface area (TPSA) is 67.4 Å². The summed E-state index contributed by atoms with van der Waals surface area (Å²) in [5.74, 6) is -0.564. The minimum atomic E-state index is -0.362. The number of ether oxygens (including phenoxy) is 1. The highest BCUT2D eigenvalue weighted by Gasteiger charge is 2.09. The highest BCUT2D eigenvalue weighted by Crippen LogP contribution is 2.18. The lowest BCUT2D eigenvalue weighted by atomic mass is 10.1. The lowest BCUT2D eigenvalue weighted by molar-refractivity contribution is -0.138. The Labute approximate surface area is 129 Å². The van der Waals surface area contributed by atoms with Gasteiger partial charge >= 0.3 is 5.97 Å². The van der Waals surface area contributed by atoms with Crippen LogP contribution < -0.4 is 10.6 Å². The second kappa shape index (κ2) is 7.26. The summed E-state index contributed by atoms with van der Waals surface area (Å²) in [6.07, 6.45) is 0. The first-order chi connectivity index (χ1) is 10.6. The molecule has 1 amide bonds. The average molecular weight is 298 g/mol. The fourth-order valence-electron chi connectivity index (χ4n) is 1.92. The fourth-order valence-corrected chi connectivity index (χ4v) is 1.92. The largest absolute Gasteiger partial charge is 0.468 e. The molecular formula is C17H18N2O3. The number of hydrogen-bond donors (Lipinski definition) is 2. The number of anilines is 2. The van der Waals surface area contributed by atoms with Crippen molar-refractivity contribution in [1.29, 1.82) is 0 Å². The predicted octanol–water partition coefficient (Wildman–Crippen LogP) is 2.83. The third-order valence-electron chi connectivity index (χ3n) is 3.18. The van der Waals surface area contributed by atoms with Crippen LogP contribution >= 0.6 is 0 Å². The number of aryl methyl sites for hydroxylation is 1. The van der Waals surface area contributed by atoms with Crippen LogP contribution in [0.2, 0.25) is 0 Å². The predicted molar refractivity (Wildman–Crippen MR) is 86.1 cm³/mol. The number of para-hydroxylation sites is 1. The zero-order chi connectivity index (χ0) is 15.9. The zero-order valence-corrected chi connectivity index (χ0v) is 12.6. The van der Waals surface area contributed by atoms with Gasteiger partial charge in [0.2, 0.25) is 0 Å². The third kappa shape index (κ3) is 4.09. The van der Waals surface area contributed by atoms with Crippen LogP contribution in [0.4, 0.5) is 11.4 Å². The molecule has 5 heteroatoms. The van der Waals surface area contributed by atoms with Crippen molar-refractivity contribution in [3.8, 4) is 0 Å². The van der Waals surface area contributed by atoms with Crippen LogP contribution in [-0.4, -0.2) is 25.5 Å². The van der Waals surface area contributed by atoms with Crippen molar-refractivity contribution in [1.82, 2.24) is 0 Å². The first-order valence-electron chi connectivity index (χ1n) is 6.88. The van der Waals surface area contributed by atoms with Crippen molar-refractivity contribution in [3.05, 3.63) is 59.7 Å². The maximum Gasteiger partial charge on any atom is 0.325 e. The van der Waals surface area contributed by atoms with Gasteiger partial charge in [-0.15, -0.1) is 0 Å². The van der Waals surface area contributed by atoms with Gasteiger partial charge in [0.05, 0.1) is 7.11 Å². The van der Waals surface area contributed by atoms with Gasteiger partial charge in [-0.3, -0.25) is 9.59 Å². The molecule has 0 fully saturated rings. The Bertz CT molecular complexity index is 669. The summed E-state index contributed by atoms with van der Waals surface area (Å²) in [5, 5.41) is 5.79. The van der Waals surface area contributed by atoms with Crippen LogP contribution in [0.3, 0.4) is 0 Å². The van der Waals surface area contributed by atoms with Crippen molar-refractivity contribution in [2.24, 2.45) is 0 Å². The second-order valence-electron chi connectivity index (χ2n) is 4.78. The van der Waals surface area contributed by atoms with Crippen LogP contribution in [0.25, 0.3) is 0 Å². The SMILES string of the molecule is COC(=O)CNc1cc(C(=O)Nc2ccccc2)ccc1C. The molecular weight excluding hydrogens is 280 g/mol. The Morgan fingerprint density at radius 2 is 1.82 bits per heavy atom. The number of nitrogens with one attached hydrogen (secondary N) is 2. The third-order valence-corrected chi connectivity index (χ3v) is 3.18. The van der Waals surface area contributed by atoms with Gasteiger partial charge in [-0.05, 0) is 36.8 Å². The van der Waals surface area contributed by atoms with Gasteiger partial charge in [-0.25, -0.2) is 0 Å². The highest BCUT2D eigenvalue weighted by atomic mass is 16.5. The zero-order valence-electron chi connectivity index (χ0n) is 12.6. The van der Waals surface area contributed by atoms with Crippen molar-refractivity contribution in [3.63, 3.8) is 0 Å². The molecule has 22 heavy (non-hydrogen) atoms. The lowest BCUT2D eigenvalue weighted by Crippen LogP contribution is -2.17. The number of carbonyl (C=O) groups is 2. The van der Waals surface area contributed by atoms with E-state index in [1.165, 1.54) is 7.11 Å². The molecule has 5 nitrogen and oxygen atoms in total. The van der Waals surface area contributed by atoms with Crippen LogP contribution in [0, 0.1) is 6.92 Å². The molecule has 0 aliphatic carbocycles. The highest BCUT2D eigenvalue weighted by molar-refractivity contribution is 6.05. The molecule has 2 aromatic carbocycles. The van der Waals surface area contributed by atoms with Crippen LogP contribution in [0.15, 0.2) is 48.5 Å². The van der Waals surface area contributed by atoms with Gasteiger partial charge in [-0.2, -0.15) is 0 Å². The molecule has 0 aromatic heterocycles. The fraction of sp³-hybridized carbons (Fsp3) is 0.176. The monoisotopic (exact) mass is 298 g/mol. The number of amides is 1. The molecule has 0 radical (unpaired) electrons. The number of hydrogen-bond acceptors (Lipinski definition) is 4. The summed E-state index contributed by atoms with van der Waals surface area (Å²) in [6, 6.07) is 14.5. The Morgan fingerprint density at radius 1 is 1.09 bits per heavy atom. The first-order valence-corrected chi connectivity index (χ1v) is 6.88. The van der Waals surface area contributed by atoms with Crippen LogP contribution in [0.1, 0.15) is 15.9 Å². The van der Waals surface area contributed by atoms with E-state index in [2.05, 4.69) is 15.4 Å². The lowest BCUT2D eigenvalue weighted by Gasteiger charge is -2.11. The second-order valence-corrected chi connectivity index (χ2v) is 4.78. The summed E-state index contributed by atoms with van der Waals surface area (Å²) in [7, 11) is 1.33. The summed E-state index contributed by atoms with van der Waals surface area (Å²) in [4.78, 5) is 23.4. The molecule has 2 aromatic rings. The molecule has 114 valence electrons. The van der Waals surface area contributed by atoms with E-state index < -0.39 is 0 Å². The van der Waals surface area contributed by atoms with E-state index in [1.807, 2.05) is 43.3 Å². The molecule has 0 atom stereocenters. The molecule has 0 spiro atoms. The Hall–Kier alpha value is -2.82. The number of benzene rings is 2. The van der Waals surface area contributed by atoms with E-state index in [9.17, 15) is 9.59 Å². The van der Waals surface area contributed by atoms with Crippen molar-refractivity contribution in [2.75, 3.05) is 24.3 Å². The average Bonchev–Trinajstić information content (AvgIpc) is 2.54. The number of esters is 1. The minimum absolute atomic E-state index is 0.0566. The van der Waals surface area contributed by atoms with Gasteiger partial charge < -0.3 is 15.4 Å². The molecule has 0 aliphatic rings. The van der Waals surface area contributed by atoms with Gasteiger partial charge in [0.25, 0.3) is 5.91 Å².